The minimum atomic E-state index is 1.26. The first-order valence-corrected chi connectivity index (χ1v) is 13.2. The largest absolute Gasteiger partial charge is 0.0616 e. The van der Waals surface area contributed by atoms with Crippen LogP contribution in [0.2, 0.25) is 0 Å². The molecule has 176 valence electrons. The second-order valence-corrected chi connectivity index (χ2v) is 10.1. The molecule has 0 amide bonds. The van der Waals surface area contributed by atoms with Gasteiger partial charge < -0.3 is 0 Å². The lowest BCUT2D eigenvalue weighted by molar-refractivity contribution is 1.69. The summed E-state index contributed by atoms with van der Waals surface area (Å²) in [6.07, 6.45) is 0. The molecule has 0 aliphatic rings. The zero-order valence-corrected chi connectivity index (χ0v) is 20.9. The molecule has 0 nitrogen and oxygen atoms in total. The van der Waals surface area contributed by atoms with E-state index in [1.165, 1.54) is 76.1 Å². The topological polar surface area (TPSA) is 0 Å². The molecule has 0 heterocycles. The number of hydrogen-bond donors (Lipinski definition) is 0. The van der Waals surface area contributed by atoms with Gasteiger partial charge in [-0.15, -0.1) is 0 Å². The Morgan fingerprint density at radius 1 is 0.237 bits per heavy atom. The Labute approximate surface area is 221 Å². The van der Waals surface area contributed by atoms with Gasteiger partial charge in [0.1, 0.15) is 0 Å². The minimum Gasteiger partial charge on any atom is -0.0616 e. The van der Waals surface area contributed by atoms with Crippen molar-refractivity contribution in [2.45, 2.75) is 0 Å². The zero-order valence-electron chi connectivity index (χ0n) is 20.9. The molecule has 0 aliphatic carbocycles. The molecule has 8 aromatic rings. The molecule has 0 saturated heterocycles. The Balaban J connectivity index is 1.64. The summed E-state index contributed by atoms with van der Waals surface area (Å²) < 4.78 is 0. The Bertz CT molecular complexity index is 2010. The molecule has 0 bridgehead atoms. The first kappa shape index (κ1) is 21.2. The molecule has 38 heavy (non-hydrogen) atoms. The van der Waals surface area contributed by atoms with Gasteiger partial charge in [0.2, 0.25) is 0 Å². The summed E-state index contributed by atoms with van der Waals surface area (Å²) >= 11 is 0. The zero-order chi connectivity index (χ0) is 25.1. The number of rotatable bonds is 2. The first-order valence-electron chi connectivity index (χ1n) is 13.2. The predicted octanol–water partition coefficient (Wildman–Crippen LogP) is 10.8. The standard InChI is InChI=1S/C38H24/c1-2-14-28-24-36-35(23-27(28)13-1)37(31-21-9-15-25-11-3-5-17-29(25)31)33-19-7-8-20-34(33)38(36)32-22-10-16-26-12-4-6-18-30(26)32/h1-24H. The number of hydrogen-bond acceptors (Lipinski definition) is 0. The van der Waals surface area contributed by atoms with Crippen molar-refractivity contribution in [3.63, 3.8) is 0 Å². The molecule has 0 saturated carbocycles. The molecule has 0 aliphatic heterocycles. The van der Waals surface area contributed by atoms with Crippen LogP contribution < -0.4 is 0 Å². The van der Waals surface area contributed by atoms with Crippen LogP contribution in [0.15, 0.2) is 146 Å². The lowest BCUT2D eigenvalue weighted by atomic mass is 9.83. The van der Waals surface area contributed by atoms with Gasteiger partial charge in [0.25, 0.3) is 0 Å². The van der Waals surface area contributed by atoms with Crippen molar-refractivity contribution in [3.05, 3.63) is 146 Å². The summed E-state index contributed by atoms with van der Waals surface area (Å²) in [5.74, 6) is 0. The van der Waals surface area contributed by atoms with E-state index in [2.05, 4.69) is 146 Å². The van der Waals surface area contributed by atoms with Gasteiger partial charge in [-0.3, -0.25) is 0 Å². The van der Waals surface area contributed by atoms with Crippen molar-refractivity contribution in [3.8, 4) is 22.3 Å². The van der Waals surface area contributed by atoms with Gasteiger partial charge in [0.05, 0.1) is 0 Å². The molecule has 0 heteroatoms. The van der Waals surface area contributed by atoms with E-state index >= 15 is 0 Å². The Hall–Kier alpha value is -4.94. The average molecular weight is 481 g/mol. The third kappa shape index (κ3) is 3.11. The molecular formula is C38H24. The molecule has 8 aromatic carbocycles. The van der Waals surface area contributed by atoms with Crippen LogP contribution in [0.25, 0.3) is 76.1 Å². The fraction of sp³-hybridized carbons (Fsp3) is 0. The van der Waals surface area contributed by atoms with Crippen LogP contribution in [0, 0.1) is 0 Å². The van der Waals surface area contributed by atoms with Crippen LogP contribution in [-0.4, -0.2) is 0 Å². The first-order chi connectivity index (χ1) is 18.9. The average Bonchev–Trinajstić information content (AvgIpc) is 2.98. The summed E-state index contributed by atoms with van der Waals surface area (Å²) in [5.41, 5.74) is 5.18. The summed E-state index contributed by atoms with van der Waals surface area (Å²) in [6.45, 7) is 0. The second-order valence-electron chi connectivity index (χ2n) is 10.1. The van der Waals surface area contributed by atoms with Crippen molar-refractivity contribution in [2.75, 3.05) is 0 Å². The molecule has 0 aromatic heterocycles. The van der Waals surface area contributed by atoms with Crippen LogP contribution >= 0.6 is 0 Å². The van der Waals surface area contributed by atoms with Crippen LogP contribution in [0.4, 0.5) is 0 Å². The minimum absolute atomic E-state index is 1.26. The highest BCUT2D eigenvalue weighted by molar-refractivity contribution is 6.26. The lowest BCUT2D eigenvalue weighted by Gasteiger charge is -2.20. The molecule has 0 N–H and O–H groups in total. The SMILES string of the molecule is c1ccc2cc3c(-c4cccc5ccccc45)c4ccccc4c(-c4cccc5ccccc45)c3cc2c1. The monoisotopic (exact) mass is 480 g/mol. The number of fused-ring (bicyclic) bond motifs is 5. The molecule has 8 rings (SSSR count). The summed E-state index contributed by atoms with van der Waals surface area (Å²) in [6, 6.07) is 53.4. The van der Waals surface area contributed by atoms with Crippen molar-refractivity contribution < 1.29 is 0 Å². The van der Waals surface area contributed by atoms with E-state index in [4.69, 9.17) is 0 Å². The predicted molar refractivity (Wildman–Crippen MR) is 165 cm³/mol. The summed E-state index contributed by atoms with van der Waals surface area (Å²) in [4.78, 5) is 0. The maximum absolute atomic E-state index is 2.41. The molecule has 0 atom stereocenters. The smallest absolute Gasteiger partial charge is 0.00199 e. The van der Waals surface area contributed by atoms with E-state index in [9.17, 15) is 0 Å². The van der Waals surface area contributed by atoms with Crippen molar-refractivity contribution >= 4 is 53.9 Å². The van der Waals surface area contributed by atoms with E-state index in [-0.39, 0.29) is 0 Å². The van der Waals surface area contributed by atoms with E-state index in [1.807, 2.05) is 0 Å². The van der Waals surface area contributed by atoms with E-state index in [0.29, 0.717) is 0 Å². The highest BCUT2D eigenvalue weighted by atomic mass is 14.2. The molecule has 0 unspecified atom stereocenters. The fourth-order valence-electron chi connectivity index (χ4n) is 6.33. The van der Waals surface area contributed by atoms with Crippen LogP contribution in [0.3, 0.4) is 0 Å². The van der Waals surface area contributed by atoms with Gasteiger partial charge in [-0.05, 0) is 88.2 Å². The maximum Gasteiger partial charge on any atom is -0.00199 e. The Kier molecular flexibility index (Phi) is 4.62. The van der Waals surface area contributed by atoms with Gasteiger partial charge in [-0.25, -0.2) is 0 Å². The van der Waals surface area contributed by atoms with Crippen molar-refractivity contribution in [2.24, 2.45) is 0 Å². The van der Waals surface area contributed by atoms with E-state index in [1.54, 1.807) is 0 Å². The molecule has 0 spiro atoms. The van der Waals surface area contributed by atoms with Crippen molar-refractivity contribution in [1.29, 1.82) is 0 Å². The molecular weight excluding hydrogens is 456 g/mol. The van der Waals surface area contributed by atoms with Crippen LogP contribution in [0.5, 0.6) is 0 Å². The third-order valence-electron chi connectivity index (χ3n) is 8.01. The van der Waals surface area contributed by atoms with E-state index < -0.39 is 0 Å². The van der Waals surface area contributed by atoms with Crippen molar-refractivity contribution in [1.82, 2.24) is 0 Å². The Morgan fingerprint density at radius 2 is 0.579 bits per heavy atom. The lowest BCUT2D eigenvalue weighted by Crippen LogP contribution is -1.93. The van der Waals surface area contributed by atoms with Gasteiger partial charge in [0.15, 0.2) is 0 Å². The van der Waals surface area contributed by atoms with Crippen LogP contribution in [-0.2, 0) is 0 Å². The molecule has 0 fully saturated rings. The van der Waals surface area contributed by atoms with Gasteiger partial charge in [-0.1, -0.05) is 133 Å². The highest BCUT2D eigenvalue weighted by Gasteiger charge is 2.19. The normalized spacial score (nSPS) is 11.7. The Morgan fingerprint density at radius 3 is 1.03 bits per heavy atom. The highest BCUT2D eigenvalue weighted by Crippen LogP contribution is 2.47. The maximum atomic E-state index is 2.41. The fourth-order valence-corrected chi connectivity index (χ4v) is 6.33. The molecule has 0 radical (unpaired) electrons. The second kappa shape index (κ2) is 8.30. The van der Waals surface area contributed by atoms with Crippen LogP contribution in [0.1, 0.15) is 0 Å². The summed E-state index contributed by atoms with van der Waals surface area (Å²) in [5, 5.41) is 12.8. The van der Waals surface area contributed by atoms with E-state index in [0.717, 1.165) is 0 Å². The summed E-state index contributed by atoms with van der Waals surface area (Å²) in [7, 11) is 0. The van der Waals surface area contributed by atoms with Gasteiger partial charge >= 0.3 is 0 Å². The van der Waals surface area contributed by atoms with Gasteiger partial charge in [-0.2, -0.15) is 0 Å². The quantitative estimate of drug-likeness (QED) is 0.216. The van der Waals surface area contributed by atoms with Gasteiger partial charge in [0, 0.05) is 0 Å². The third-order valence-corrected chi connectivity index (χ3v) is 8.01. The number of benzene rings is 8.